The molecule has 1 fully saturated rings. The number of aromatic amines is 1. The first kappa shape index (κ1) is 17.1. The van der Waals surface area contributed by atoms with Gasteiger partial charge in [-0.25, -0.2) is 0 Å². The van der Waals surface area contributed by atoms with Crippen molar-refractivity contribution < 1.29 is 9.59 Å². The minimum absolute atomic E-state index is 0.184. The van der Waals surface area contributed by atoms with Gasteiger partial charge in [0.25, 0.3) is 0 Å². The molecule has 2 aromatic heterocycles. The summed E-state index contributed by atoms with van der Waals surface area (Å²) in [5.74, 6) is -0.584. The highest BCUT2D eigenvalue weighted by molar-refractivity contribution is 6.39. The van der Waals surface area contributed by atoms with Crippen LogP contribution in [0.5, 0.6) is 0 Å². The Morgan fingerprint density at radius 2 is 2.24 bits per heavy atom. The first-order valence-electron chi connectivity index (χ1n) is 8.60. The number of piperidine rings is 1. The van der Waals surface area contributed by atoms with Crippen molar-refractivity contribution in [3.63, 3.8) is 0 Å². The van der Waals surface area contributed by atoms with Crippen LogP contribution in [0.2, 0.25) is 0 Å². The number of likely N-dealkylation sites (tertiary alicyclic amines) is 1. The Bertz CT molecular complexity index is 741. The van der Waals surface area contributed by atoms with Gasteiger partial charge in [-0.05, 0) is 37.0 Å². The number of carbonyl (C=O) groups is 2. The number of hydrogen-bond donors (Lipinski definition) is 2. The molecule has 3 rings (SSSR count). The lowest BCUT2D eigenvalue weighted by Gasteiger charge is -2.31. The minimum Gasteiger partial charge on any atom is -0.334 e. The molecule has 0 aromatic carbocycles. The Hall–Kier alpha value is -2.70. The predicted octanol–water partition coefficient (Wildman–Crippen LogP) is 2.27. The molecule has 1 saturated heterocycles. The minimum atomic E-state index is -0.624. The van der Waals surface area contributed by atoms with Crippen LogP contribution in [0.25, 0.3) is 0 Å². The lowest BCUT2D eigenvalue weighted by atomic mass is 9.94. The van der Waals surface area contributed by atoms with E-state index in [0.717, 1.165) is 24.2 Å². The van der Waals surface area contributed by atoms with Crippen molar-refractivity contribution in [1.82, 2.24) is 20.1 Å². The zero-order valence-corrected chi connectivity index (χ0v) is 14.5. The summed E-state index contributed by atoms with van der Waals surface area (Å²) in [5.41, 5.74) is 2.58. The van der Waals surface area contributed by atoms with Gasteiger partial charge in [-0.15, -0.1) is 0 Å². The fourth-order valence-electron chi connectivity index (χ4n) is 3.04. The summed E-state index contributed by atoms with van der Waals surface area (Å²) in [6.45, 7) is 5.32. The lowest BCUT2D eigenvalue weighted by molar-refractivity contribution is -0.144. The van der Waals surface area contributed by atoms with Crippen molar-refractivity contribution in [2.45, 2.75) is 38.5 Å². The molecule has 132 valence electrons. The van der Waals surface area contributed by atoms with Gasteiger partial charge in [-0.1, -0.05) is 13.8 Å². The zero-order chi connectivity index (χ0) is 17.8. The number of hydrogen-bond acceptors (Lipinski definition) is 4. The van der Waals surface area contributed by atoms with Crippen molar-refractivity contribution in [2.24, 2.45) is 0 Å². The Labute approximate surface area is 146 Å². The van der Waals surface area contributed by atoms with Crippen LogP contribution >= 0.6 is 0 Å². The molecule has 25 heavy (non-hydrogen) atoms. The Morgan fingerprint density at radius 1 is 1.40 bits per heavy atom. The molecule has 2 amide bonds. The Kier molecular flexibility index (Phi) is 5.11. The van der Waals surface area contributed by atoms with E-state index in [4.69, 9.17) is 0 Å². The van der Waals surface area contributed by atoms with Crippen LogP contribution in [-0.2, 0) is 9.59 Å². The van der Waals surface area contributed by atoms with E-state index in [9.17, 15) is 9.59 Å². The molecule has 0 spiro atoms. The highest BCUT2D eigenvalue weighted by Crippen LogP contribution is 2.27. The average molecular weight is 341 g/mol. The second kappa shape index (κ2) is 7.46. The maximum Gasteiger partial charge on any atom is 0.313 e. The van der Waals surface area contributed by atoms with Crippen LogP contribution < -0.4 is 5.32 Å². The van der Waals surface area contributed by atoms with Gasteiger partial charge in [0, 0.05) is 30.9 Å². The van der Waals surface area contributed by atoms with E-state index in [2.05, 4.69) is 40.4 Å². The molecule has 2 N–H and O–H groups in total. The normalized spacial score (nSPS) is 17.6. The number of amides is 2. The summed E-state index contributed by atoms with van der Waals surface area (Å²) in [6.07, 6.45) is 4.98. The number of carbonyl (C=O) groups excluding carboxylic acids is 2. The number of anilines is 1. The summed E-state index contributed by atoms with van der Waals surface area (Å²) < 4.78 is 0. The van der Waals surface area contributed by atoms with Crippen LogP contribution in [0.4, 0.5) is 5.69 Å². The van der Waals surface area contributed by atoms with E-state index in [1.807, 2.05) is 0 Å². The average Bonchev–Trinajstić information content (AvgIpc) is 3.12. The molecular weight excluding hydrogens is 318 g/mol. The third kappa shape index (κ3) is 4.04. The monoisotopic (exact) mass is 341 g/mol. The maximum absolute atomic E-state index is 12.5. The molecule has 0 aliphatic carbocycles. The molecule has 3 heterocycles. The molecule has 0 radical (unpaired) electrons. The molecule has 1 unspecified atom stereocenters. The van der Waals surface area contributed by atoms with Crippen molar-refractivity contribution in [3.05, 3.63) is 42.0 Å². The first-order valence-corrected chi connectivity index (χ1v) is 8.60. The summed E-state index contributed by atoms with van der Waals surface area (Å²) in [6, 6.07) is 5.48. The van der Waals surface area contributed by atoms with Crippen molar-refractivity contribution in [2.75, 3.05) is 18.4 Å². The third-order valence-electron chi connectivity index (χ3n) is 4.47. The molecule has 2 aromatic rings. The van der Waals surface area contributed by atoms with Gasteiger partial charge in [0.05, 0.1) is 17.6 Å². The number of H-pyrrole nitrogens is 1. The lowest BCUT2D eigenvalue weighted by Crippen LogP contribution is -2.44. The molecule has 7 nitrogen and oxygen atoms in total. The number of pyridine rings is 1. The van der Waals surface area contributed by atoms with E-state index >= 15 is 0 Å². The van der Waals surface area contributed by atoms with E-state index < -0.39 is 11.8 Å². The molecule has 7 heteroatoms. The maximum atomic E-state index is 12.5. The molecule has 0 bridgehead atoms. The van der Waals surface area contributed by atoms with E-state index in [1.54, 1.807) is 23.2 Å². The quantitative estimate of drug-likeness (QED) is 0.838. The summed E-state index contributed by atoms with van der Waals surface area (Å²) in [4.78, 5) is 30.2. The zero-order valence-electron chi connectivity index (χ0n) is 14.5. The fourth-order valence-corrected chi connectivity index (χ4v) is 3.04. The standard InChI is InChI=1S/C18H23N5O2/c1-12(2)15-9-16(22-21-15)13-5-4-8-23(11-13)18(25)17(24)20-14-6-3-7-19-10-14/h3,6-7,9-10,12-13H,4-5,8,11H2,1-2H3,(H,20,24)(H,21,22). The van der Waals surface area contributed by atoms with E-state index in [1.165, 1.54) is 6.20 Å². The topological polar surface area (TPSA) is 91.0 Å². The van der Waals surface area contributed by atoms with E-state index in [0.29, 0.717) is 24.7 Å². The SMILES string of the molecule is CC(C)c1cc(C2CCCN(C(=O)C(=O)Nc3cccnc3)C2)[nH]n1. The number of nitrogens with zero attached hydrogens (tertiary/aromatic N) is 3. The largest absolute Gasteiger partial charge is 0.334 e. The van der Waals surface area contributed by atoms with Crippen molar-refractivity contribution in [1.29, 1.82) is 0 Å². The van der Waals surface area contributed by atoms with Gasteiger partial charge in [0.15, 0.2) is 0 Å². The molecule has 0 saturated carbocycles. The fraction of sp³-hybridized carbons (Fsp3) is 0.444. The van der Waals surface area contributed by atoms with Gasteiger partial charge < -0.3 is 10.2 Å². The summed E-state index contributed by atoms with van der Waals surface area (Å²) >= 11 is 0. The molecule has 1 atom stereocenters. The summed E-state index contributed by atoms with van der Waals surface area (Å²) in [7, 11) is 0. The number of aromatic nitrogens is 3. The smallest absolute Gasteiger partial charge is 0.313 e. The second-order valence-corrected chi connectivity index (χ2v) is 6.69. The predicted molar refractivity (Wildman–Crippen MR) is 94.1 cm³/mol. The Balaban J connectivity index is 1.63. The summed E-state index contributed by atoms with van der Waals surface area (Å²) in [5, 5.41) is 10.0. The van der Waals surface area contributed by atoms with Crippen LogP contribution in [0.15, 0.2) is 30.6 Å². The highest BCUT2D eigenvalue weighted by atomic mass is 16.2. The van der Waals surface area contributed by atoms with Crippen molar-refractivity contribution >= 4 is 17.5 Å². The second-order valence-electron chi connectivity index (χ2n) is 6.69. The molecule has 1 aliphatic rings. The Morgan fingerprint density at radius 3 is 2.92 bits per heavy atom. The van der Waals surface area contributed by atoms with Gasteiger partial charge >= 0.3 is 11.8 Å². The highest BCUT2D eigenvalue weighted by Gasteiger charge is 2.29. The van der Waals surface area contributed by atoms with Crippen LogP contribution in [0.3, 0.4) is 0 Å². The number of nitrogens with one attached hydrogen (secondary N) is 2. The van der Waals surface area contributed by atoms with Gasteiger partial charge in [0.1, 0.15) is 0 Å². The van der Waals surface area contributed by atoms with Crippen LogP contribution in [0.1, 0.15) is 49.9 Å². The van der Waals surface area contributed by atoms with Gasteiger partial charge in [-0.2, -0.15) is 5.10 Å². The van der Waals surface area contributed by atoms with Crippen LogP contribution in [0, 0.1) is 0 Å². The molecule has 1 aliphatic heterocycles. The third-order valence-corrected chi connectivity index (χ3v) is 4.47. The van der Waals surface area contributed by atoms with E-state index in [-0.39, 0.29) is 5.92 Å². The van der Waals surface area contributed by atoms with Gasteiger partial charge in [0.2, 0.25) is 0 Å². The van der Waals surface area contributed by atoms with Crippen molar-refractivity contribution in [3.8, 4) is 0 Å². The molecular formula is C18H23N5O2. The van der Waals surface area contributed by atoms with Crippen LogP contribution in [-0.4, -0.2) is 45.0 Å². The van der Waals surface area contributed by atoms with Gasteiger partial charge in [-0.3, -0.25) is 19.7 Å². The first-order chi connectivity index (χ1) is 12.0. The number of rotatable bonds is 3.